The van der Waals surface area contributed by atoms with Crippen molar-refractivity contribution in [1.82, 2.24) is 0 Å². The summed E-state index contributed by atoms with van der Waals surface area (Å²) in [6.07, 6.45) is 6.46. The lowest BCUT2D eigenvalue weighted by molar-refractivity contribution is -0.384. The molecule has 0 radical (unpaired) electrons. The zero-order chi connectivity index (χ0) is 13.8. The zero-order valence-electron chi connectivity index (χ0n) is 11.3. The lowest BCUT2D eigenvalue weighted by atomic mass is 9.89. The fraction of sp³-hybridized carbons (Fsp3) is 0.571. The summed E-state index contributed by atoms with van der Waals surface area (Å²) in [5.41, 5.74) is 7.07. The van der Waals surface area contributed by atoms with Crippen molar-refractivity contribution in [3.8, 4) is 0 Å². The molecule has 2 rings (SSSR count). The van der Waals surface area contributed by atoms with Crippen LogP contribution in [0.15, 0.2) is 18.2 Å². The molecule has 1 aliphatic rings. The first-order valence-electron chi connectivity index (χ1n) is 6.82. The van der Waals surface area contributed by atoms with E-state index >= 15 is 0 Å². The summed E-state index contributed by atoms with van der Waals surface area (Å²) in [7, 11) is 1.98. The van der Waals surface area contributed by atoms with E-state index in [0.717, 1.165) is 12.2 Å². The summed E-state index contributed by atoms with van der Waals surface area (Å²) in [5.74, 6) is 0.694. The second kappa shape index (κ2) is 5.91. The molecule has 104 valence electrons. The molecule has 1 aliphatic carbocycles. The van der Waals surface area contributed by atoms with Gasteiger partial charge in [0.2, 0.25) is 0 Å². The highest BCUT2D eigenvalue weighted by atomic mass is 16.6. The monoisotopic (exact) mass is 263 g/mol. The summed E-state index contributed by atoms with van der Waals surface area (Å²) in [6, 6.07) is 4.80. The number of nitrogen functional groups attached to an aromatic ring is 1. The van der Waals surface area contributed by atoms with Crippen molar-refractivity contribution in [2.75, 3.05) is 24.2 Å². The van der Waals surface area contributed by atoms with Crippen LogP contribution in [-0.4, -0.2) is 18.5 Å². The first-order chi connectivity index (χ1) is 9.06. The number of rotatable bonds is 4. The van der Waals surface area contributed by atoms with Gasteiger partial charge in [-0.05, 0) is 24.8 Å². The second-order valence-electron chi connectivity index (χ2n) is 5.42. The molecule has 0 heterocycles. The summed E-state index contributed by atoms with van der Waals surface area (Å²) in [6.45, 7) is 0.945. The molecule has 0 bridgehead atoms. The topological polar surface area (TPSA) is 72.4 Å². The van der Waals surface area contributed by atoms with Gasteiger partial charge in [-0.3, -0.25) is 10.1 Å². The van der Waals surface area contributed by atoms with Crippen molar-refractivity contribution in [2.24, 2.45) is 5.92 Å². The first kappa shape index (κ1) is 13.6. The normalized spacial score (nSPS) is 16.3. The molecule has 0 spiro atoms. The molecule has 0 unspecified atom stereocenters. The Kier molecular flexibility index (Phi) is 4.24. The number of nitro benzene ring substituents is 1. The Morgan fingerprint density at radius 2 is 2.00 bits per heavy atom. The Balaban J connectivity index is 2.09. The van der Waals surface area contributed by atoms with Gasteiger partial charge in [0.25, 0.3) is 5.69 Å². The minimum atomic E-state index is -0.395. The zero-order valence-corrected chi connectivity index (χ0v) is 11.3. The fourth-order valence-electron chi connectivity index (χ4n) is 2.81. The van der Waals surface area contributed by atoms with Crippen LogP contribution in [0.3, 0.4) is 0 Å². The Morgan fingerprint density at radius 3 is 2.63 bits per heavy atom. The van der Waals surface area contributed by atoms with Crippen molar-refractivity contribution in [2.45, 2.75) is 32.1 Å². The van der Waals surface area contributed by atoms with Gasteiger partial charge in [-0.25, -0.2) is 0 Å². The van der Waals surface area contributed by atoms with Crippen molar-refractivity contribution in [3.63, 3.8) is 0 Å². The number of nitrogens with zero attached hydrogens (tertiary/aromatic N) is 2. The molecule has 0 aliphatic heterocycles. The quantitative estimate of drug-likeness (QED) is 0.514. The maximum Gasteiger partial charge on any atom is 0.273 e. The van der Waals surface area contributed by atoms with Crippen LogP contribution in [0.4, 0.5) is 17.1 Å². The third kappa shape index (κ3) is 3.59. The molecule has 5 heteroatoms. The third-order valence-electron chi connectivity index (χ3n) is 3.83. The summed E-state index contributed by atoms with van der Waals surface area (Å²) in [4.78, 5) is 12.5. The van der Waals surface area contributed by atoms with Crippen molar-refractivity contribution >= 4 is 17.1 Å². The van der Waals surface area contributed by atoms with E-state index in [-0.39, 0.29) is 5.69 Å². The number of nitro groups is 1. The lowest BCUT2D eigenvalue weighted by Gasteiger charge is -2.28. The smallest absolute Gasteiger partial charge is 0.273 e. The Bertz CT molecular complexity index is 456. The van der Waals surface area contributed by atoms with E-state index in [2.05, 4.69) is 4.90 Å². The molecule has 1 aromatic carbocycles. The van der Waals surface area contributed by atoms with Gasteiger partial charge >= 0.3 is 0 Å². The van der Waals surface area contributed by atoms with Crippen LogP contribution < -0.4 is 10.6 Å². The Morgan fingerprint density at radius 1 is 1.32 bits per heavy atom. The maximum atomic E-state index is 10.8. The van der Waals surface area contributed by atoms with E-state index in [1.807, 2.05) is 7.05 Å². The minimum absolute atomic E-state index is 0.0606. The number of hydrogen-bond acceptors (Lipinski definition) is 4. The van der Waals surface area contributed by atoms with Gasteiger partial charge in [0, 0.05) is 37.1 Å². The van der Waals surface area contributed by atoms with Crippen LogP contribution in [0.25, 0.3) is 0 Å². The van der Waals surface area contributed by atoms with Gasteiger partial charge < -0.3 is 10.6 Å². The van der Waals surface area contributed by atoms with E-state index in [9.17, 15) is 10.1 Å². The van der Waals surface area contributed by atoms with Crippen LogP contribution in [0.2, 0.25) is 0 Å². The predicted octanol–water partition coefficient (Wildman–Crippen LogP) is 3.19. The van der Waals surface area contributed by atoms with Crippen molar-refractivity contribution in [1.29, 1.82) is 0 Å². The van der Waals surface area contributed by atoms with Gasteiger partial charge in [0.1, 0.15) is 0 Å². The molecule has 1 saturated carbocycles. The highest BCUT2D eigenvalue weighted by Gasteiger charge is 2.17. The first-order valence-corrected chi connectivity index (χ1v) is 6.82. The number of non-ortho nitro benzene ring substituents is 1. The fourth-order valence-corrected chi connectivity index (χ4v) is 2.81. The van der Waals surface area contributed by atoms with Gasteiger partial charge in [0.05, 0.1) is 4.92 Å². The molecule has 5 nitrogen and oxygen atoms in total. The molecule has 1 aromatic rings. The van der Waals surface area contributed by atoms with E-state index in [1.165, 1.54) is 38.2 Å². The molecule has 0 atom stereocenters. The van der Waals surface area contributed by atoms with Crippen molar-refractivity contribution in [3.05, 3.63) is 28.3 Å². The van der Waals surface area contributed by atoms with Crippen molar-refractivity contribution < 1.29 is 4.92 Å². The highest BCUT2D eigenvalue weighted by Crippen LogP contribution is 2.28. The number of anilines is 2. The molecular weight excluding hydrogens is 242 g/mol. The number of hydrogen-bond donors (Lipinski definition) is 1. The summed E-state index contributed by atoms with van der Waals surface area (Å²) in [5, 5.41) is 10.8. The number of benzene rings is 1. The van der Waals surface area contributed by atoms with Crippen LogP contribution in [0, 0.1) is 16.0 Å². The van der Waals surface area contributed by atoms with E-state index in [4.69, 9.17) is 5.73 Å². The lowest BCUT2D eigenvalue weighted by Crippen LogP contribution is -2.26. The van der Waals surface area contributed by atoms with E-state index in [1.54, 1.807) is 12.1 Å². The molecular formula is C14H21N3O2. The third-order valence-corrected chi connectivity index (χ3v) is 3.83. The highest BCUT2D eigenvalue weighted by molar-refractivity contribution is 5.62. The van der Waals surface area contributed by atoms with Gasteiger partial charge in [-0.1, -0.05) is 19.3 Å². The number of nitrogens with two attached hydrogens (primary N) is 1. The van der Waals surface area contributed by atoms with Gasteiger partial charge in [0.15, 0.2) is 0 Å². The molecule has 0 amide bonds. The van der Waals surface area contributed by atoms with E-state index in [0.29, 0.717) is 11.6 Å². The Labute approximate surface area is 113 Å². The largest absolute Gasteiger partial charge is 0.398 e. The SMILES string of the molecule is CN(CC1CCCCC1)c1cc(N)cc([N+](=O)[O-])c1. The molecule has 2 N–H and O–H groups in total. The average Bonchev–Trinajstić information content (AvgIpc) is 2.39. The molecule has 0 saturated heterocycles. The standard InChI is InChI=1S/C14H21N3O2/c1-16(10-11-5-3-2-4-6-11)13-7-12(15)8-14(9-13)17(18)19/h7-9,11H,2-6,10,15H2,1H3. The molecule has 1 fully saturated rings. The summed E-state index contributed by atoms with van der Waals surface area (Å²) >= 11 is 0. The minimum Gasteiger partial charge on any atom is -0.398 e. The molecule has 19 heavy (non-hydrogen) atoms. The maximum absolute atomic E-state index is 10.8. The summed E-state index contributed by atoms with van der Waals surface area (Å²) < 4.78 is 0. The van der Waals surface area contributed by atoms with Crippen LogP contribution in [0.5, 0.6) is 0 Å². The average molecular weight is 263 g/mol. The second-order valence-corrected chi connectivity index (χ2v) is 5.42. The predicted molar refractivity (Wildman–Crippen MR) is 77.4 cm³/mol. The van der Waals surface area contributed by atoms with Crippen LogP contribution in [-0.2, 0) is 0 Å². The van der Waals surface area contributed by atoms with E-state index < -0.39 is 4.92 Å². The van der Waals surface area contributed by atoms with Crippen LogP contribution in [0.1, 0.15) is 32.1 Å². The van der Waals surface area contributed by atoms with Gasteiger partial charge in [-0.2, -0.15) is 0 Å². The molecule has 0 aromatic heterocycles. The van der Waals surface area contributed by atoms with Crippen LogP contribution >= 0.6 is 0 Å². The Hall–Kier alpha value is -1.78. The van der Waals surface area contributed by atoms with Gasteiger partial charge in [-0.15, -0.1) is 0 Å².